The van der Waals surface area contributed by atoms with E-state index in [-0.39, 0.29) is 5.97 Å². The third-order valence-corrected chi connectivity index (χ3v) is 2.25. The lowest BCUT2D eigenvalue weighted by Crippen LogP contribution is -2.05. The number of ether oxygens (including phenoxy) is 1. The largest absolute Gasteiger partial charge is 0.462 e. The number of hydrogen-bond acceptors (Lipinski definition) is 3. The average Bonchev–Trinajstić information content (AvgIpc) is 2.68. The maximum atomic E-state index is 11.7. The highest BCUT2D eigenvalue weighted by Gasteiger charge is 2.18. The molecule has 0 atom stereocenters. The van der Waals surface area contributed by atoms with E-state index in [1.54, 1.807) is 13.8 Å². The number of esters is 1. The Labute approximate surface area is 101 Å². The lowest BCUT2D eigenvalue weighted by Gasteiger charge is -1.99. The number of furan rings is 1. The van der Waals surface area contributed by atoms with E-state index in [9.17, 15) is 4.79 Å². The second-order valence-electron chi connectivity index (χ2n) is 3.25. The molecule has 0 fully saturated rings. The van der Waals surface area contributed by atoms with Crippen LogP contribution in [0.5, 0.6) is 0 Å². The van der Waals surface area contributed by atoms with Gasteiger partial charge >= 0.3 is 5.97 Å². The Balaban J connectivity index is 0.000000686. The minimum absolute atomic E-state index is 0.319. The molecule has 0 bridgehead atoms. The summed E-state index contributed by atoms with van der Waals surface area (Å²) in [5.41, 5.74) is 1.26. The summed E-state index contributed by atoms with van der Waals surface area (Å²) in [6.07, 6.45) is 0. The quantitative estimate of drug-likeness (QED) is 0.739. The monoisotopic (exact) mass is 234 g/mol. The fourth-order valence-electron chi connectivity index (χ4n) is 1.62. The van der Waals surface area contributed by atoms with Gasteiger partial charge < -0.3 is 9.15 Å². The van der Waals surface area contributed by atoms with Crippen molar-refractivity contribution in [3.63, 3.8) is 0 Å². The van der Waals surface area contributed by atoms with Gasteiger partial charge in [0, 0.05) is 5.39 Å². The van der Waals surface area contributed by atoms with Crippen LogP contribution in [0.3, 0.4) is 0 Å². The Morgan fingerprint density at radius 1 is 1.29 bits per heavy atom. The van der Waals surface area contributed by atoms with Crippen LogP contribution in [0, 0.1) is 6.92 Å². The number of benzene rings is 1. The van der Waals surface area contributed by atoms with Crippen molar-refractivity contribution in [1.29, 1.82) is 0 Å². The Morgan fingerprint density at radius 2 is 1.94 bits per heavy atom. The molecule has 0 amide bonds. The number of hydrogen-bond donors (Lipinski definition) is 0. The molecule has 0 aliphatic heterocycles. The van der Waals surface area contributed by atoms with E-state index in [4.69, 9.17) is 9.15 Å². The molecule has 1 aromatic carbocycles. The molecule has 3 heteroatoms. The molecule has 0 aliphatic rings. The van der Waals surface area contributed by atoms with Gasteiger partial charge in [0.1, 0.15) is 16.9 Å². The standard InChI is InChI=1S/C12H12O3.C2H6/c1-3-14-12(13)11-8(2)15-10-7-5-4-6-9(10)11;1-2/h4-7H,3H2,1-2H3;1-2H3. The summed E-state index contributed by atoms with van der Waals surface area (Å²) in [5, 5.41) is 0.813. The van der Waals surface area contributed by atoms with Crippen molar-refractivity contribution in [2.75, 3.05) is 6.61 Å². The molecule has 2 aromatic rings. The van der Waals surface area contributed by atoms with Crippen molar-refractivity contribution in [2.24, 2.45) is 0 Å². The fraction of sp³-hybridized carbons (Fsp3) is 0.357. The Morgan fingerprint density at radius 3 is 2.59 bits per heavy atom. The topological polar surface area (TPSA) is 39.4 Å². The summed E-state index contributed by atoms with van der Waals surface area (Å²) in [4.78, 5) is 11.7. The van der Waals surface area contributed by atoms with Gasteiger partial charge in [-0.25, -0.2) is 4.79 Å². The van der Waals surface area contributed by atoms with Gasteiger partial charge in [0.05, 0.1) is 6.61 Å². The third-order valence-electron chi connectivity index (χ3n) is 2.25. The molecule has 0 N–H and O–H groups in total. The number of carbonyl (C=O) groups is 1. The molecule has 17 heavy (non-hydrogen) atoms. The number of aryl methyl sites for hydroxylation is 1. The average molecular weight is 234 g/mol. The number of carbonyl (C=O) groups excluding carboxylic acids is 1. The van der Waals surface area contributed by atoms with Crippen molar-refractivity contribution in [3.8, 4) is 0 Å². The van der Waals surface area contributed by atoms with Gasteiger partial charge in [0.2, 0.25) is 0 Å². The minimum Gasteiger partial charge on any atom is -0.462 e. The Kier molecular flexibility index (Phi) is 4.76. The minimum atomic E-state index is -0.319. The highest BCUT2D eigenvalue weighted by atomic mass is 16.5. The smallest absolute Gasteiger partial charge is 0.342 e. The van der Waals surface area contributed by atoms with Crippen LogP contribution in [-0.2, 0) is 4.74 Å². The van der Waals surface area contributed by atoms with Crippen molar-refractivity contribution in [2.45, 2.75) is 27.7 Å². The SMILES string of the molecule is CC.CCOC(=O)c1c(C)oc2ccccc12. The van der Waals surface area contributed by atoms with Crippen molar-refractivity contribution in [3.05, 3.63) is 35.6 Å². The van der Waals surface area contributed by atoms with Crippen LogP contribution >= 0.6 is 0 Å². The van der Waals surface area contributed by atoms with E-state index < -0.39 is 0 Å². The molecular weight excluding hydrogens is 216 g/mol. The van der Waals surface area contributed by atoms with Crippen LogP contribution in [0.15, 0.2) is 28.7 Å². The second-order valence-corrected chi connectivity index (χ2v) is 3.25. The summed E-state index contributed by atoms with van der Waals surface area (Å²) in [7, 11) is 0. The molecule has 0 saturated heterocycles. The van der Waals surface area contributed by atoms with Gasteiger partial charge in [-0.15, -0.1) is 0 Å². The van der Waals surface area contributed by atoms with Gasteiger partial charge in [-0.1, -0.05) is 32.0 Å². The van der Waals surface area contributed by atoms with Crippen molar-refractivity contribution < 1.29 is 13.9 Å². The van der Waals surface area contributed by atoms with Crippen LogP contribution in [0.2, 0.25) is 0 Å². The molecule has 3 nitrogen and oxygen atoms in total. The second kappa shape index (κ2) is 6.09. The fourth-order valence-corrected chi connectivity index (χ4v) is 1.62. The molecule has 1 aromatic heterocycles. The lowest BCUT2D eigenvalue weighted by atomic mass is 10.1. The molecule has 0 unspecified atom stereocenters. The van der Waals surface area contributed by atoms with Crippen molar-refractivity contribution >= 4 is 16.9 Å². The first-order valence-electron chi connectivity index (χ1n) is 5.89. The van der Waals surface area contributed by atoms with E-state index in [1.165, 1.54) is 0 Å². The lowest BCUT2D eigenvalue weighted by molar-refractivity contribution is 0.0526. The van der Waals surface area contributed by atoms with Crippen LogP contribution in [0.1, 0.15) is 36.9 Å². The van der Waals surface area contributed by atoms with Crippen LogP contribution in [0.25, 0.3) is 11.0 Å². The van der Waals surface area contributed by atoms with Gasteiger partial charge in [0.15, 0.2) is 0 Å². The first kappa shape index (κ1) is 13.3. The van der Waals surface area contributed by atoms with E-state index in [0.717, 1.165) is 11.0 Å². The van der Waals surface area contributed by atoms with Gasteiger partial charge in [-0.2, -0.15) is 0 Å². The highest BCUT2D eigenvalue weighted by Crippen LogP contribution is 2.25. The summed E-state index contributed by atoms with van der Waals surface area (Å²) < 4.78 is 10.4. The summed E-state index contributed by atoms with van der Waals surface area (Å²) in [6.45, 7) is 7.93. The molecule has 0 aliphatic carbocycles. The van der Waals surface area contributed by atoms with Crippen LogP contribution < -0.4 is 0 Å². The predicted octanol–water partition coefficient (Wildman–Crippen LogP) is 3.94. The summed E-state index contributed by atoms with van der Waals surface area (Å²) in [6, 6.07) is 7.45. The van der Waals surface area contributed by atoms with E-state index in [1.807, 2.05) is 38.1 Å². The Bertz CT molecular complexity index is 497. The Hall–Kier alpha value is -1.77. The zero-order valence-corrected chi connectivity index (χ0v) is 10.7. The molecular formula is C14H18O3. The normalized spacial score (nSPS) is 9.65. The van der Waals surface area contributed by atoms with E-state index >= 15 is 0 Å². The van der Waals surface area contributed by atoms with E-state index in [0.29, 0.717) is 17.9 Å². The summed E-state index contributed by atoms with van der Waals surface area (Å²) >= 11 is 0. The van der Waals surface area contributed by atoms with Gasteiger partial charge in [-0.3, -0.25) is 0 Å². The first-order chi connectivity index (χ1) is 8.24. The molecule has 2 rings (SSSR count). The zero-order valence-electron chi connectivity index (χ0n) is 10.7. The maximum absolute atomic E-state index is 11.7. The first-order valence-corrected chi connectivity index (χ1v) is 5.89. The summed E-state index contributed by atoms with van der Waals surface area (Å²) in [5.74, 6) is 0.287. The van der Waals surface area contributed by atoms with Crippen LogP contribution in [-0.4, -0.2) is 12.6 Å². The van der Waals surface area contributed by atoms with Gasteiger partial charge in [-0.05, 0) is 19.9 Å². The third kappa shape index (κ3) is 2.67. The van der Waals surface area contributed by atoms with E-state index in [2.05, 4.69) is 0 Å². The number of fused-ring (bicyclic) bond motifs is 1. The maximum Gasteiger partial charge on any atom is 0.342 e. The number of rotatable bonds is 2. The zero-order chi connectivity index (χ0) is 12.8. The highest BCUT2D eigenvalue weighted by molar-refractivity contribution is 6.04. The molecule has 1 heterocycles. The molecule has 0 saturated carbocycles. The molecule has 0 radical (unpaired) electrons. The number of para-hydroxylation sites is 1. The van der Waals surface area contributed by atoms with Crippen LogP contribution in [0.4, 0.5) is 0 Å². The van der Waals surface area contributed by atoms with Gasteiger partial charge in [0.25, 0.3) is 0 Å². The van der Waals surface area contributed by atoms with Crippen molar-refractivity contribution in [1.82, 2.24) is 0 Å². The molecule has 0 spiro atoms. The molecule has 92 valence electrons. The predicted molar refractivity (Wildman–Crippen MR) is 68.3 cm³/mol.